The van der Waals surface area contributed by atoms with E-state index in [4.69, 9.17) is 35.2 Å². The molecule has 0 aromatic heterocycles. The summed E-state index contributed by atoms with van der Waals surface area (Å²) < 4.78 is 28.1. The van der Waals surface area contributed by atoms with Gasteiger partial charge in [-0.25, -0.2) is 29.0 Å². The molecule has 0 radical (unpaired) electrons. The van der Waals surface area contributed by atoms with Crippen molar-refractivity contribution in [2.45, 2.75) is 163 Å². The molecule has 1 aliphatic rings. The standard InChI is InChI=1S/C63H85N9O12/c1-60(2,3)81-56(76)67-54(64)71(58(78)83-62(7,8)9)36-20-26-48-41-69(51(73)40-45-28-31-46-24-16-17-25-47(46)38-45)34-18-19-35-70(52(74)39-43-29-32-49(33-30-43)80-42-44-22-14-13-15-23-44)50(53(75)66-48)27-21-37-72(59(79)84-63(10,11)12)55(65)68-57(77)82-61(4,5)6/h13-19,22-25,28-33,38,48,50H,20-21,26-27,34-37,39-42H2,1-12H3,(H,66,75)(H2,64,67,76)(H2,65,68,77)/b19-18+/t48-,50+/m0/s1. The Hall–Kier alpha value is -8.49. The molecule has 5 N–H and O–H groups in total. The van der Waals surface area contributed by atoms with Crippen molar-refractivity contribution in [3.63, 3.8) is 0 Å². The van der Waals surface area contributed by atoms with Crippen LogP contribution in [0.3, 0.4) is 0 Å². The van der Waals surface area contributed by atoms with Crippen LogP contribution in [-0.4, -0.2) is 141 Å². The Morgan fingerprint density at radius 1 is 0.571 bits per heavy atom. The number of nitrogens with one attached hydrogen (secondary N) is 1. The van der Waals surface area contributed by atoms with E-state index in [1.54, 1.807) is 124 Å². The number of guanidine groups is 2. The van der Waals surface area contributed by atoms with Gasteiger partial charge in [0, 0.05) is 38.8 Å². The summed E-state index contributed by atoms with van der Waals surface area (Å²) in [6.07, 6.45) is -0.259. The number of rotatable bonds is 15. The van der Waals surface area contributed by atoms with E-state index >= 15 is 4.79 Å². The molecule has 21 nitrogen and oxygen atoms in total. The number of carbonyl (C=O) groups excluding carboxylic acids is 7. The van der Waals surface area contributed by atoms with Gasteiger partial charge in [0.25, 0.3) is 0 Å². The summed E-state index contributed by atoms with van der Waals surface area (Å²) in [4.78, 5) is 111. The normalized spacial score (nSPS) is 16.1. The smallest absolute Gasteiger partial charge is 0.437 e. The van der Waals surface area contributed by atoms with Crippen molar-refractivity contribution in [1.82, 2.24) is 24.9 Å². The van der Waals surface area contributed by atoms with Gasteiger partial charge in [0.15, 0.2) is 0 Å². The number of ether oxygens (including phenoxy) is 5. The van der Waals surface area contributed by atoms with E-state index in [1.807, 2.05) is 72.8 Å². The minimum atomic E-state index is -1.21. The Kier molecular flexibility index (Phi) is 23.4. The third-order valence-electron chi connectivity index (χ3n) is 12.4. The predicted molar refractivity (Wildman–Crippen MR) is 322 cm³/mol. The molecule has 7 amide bonds. The van der Waals surface area contributed by atoms with Crippen LogP contribution < -0.4 is 21.5 Å². The SMILES string of the molecule is CC(C)(C)OC(=O)/N=C(\N)N(CCC[C@H]1CN(C(=O)Cc2ccc3ccccc3c2)C/C=C/CN(C(=O)Cc2ccc(OCc3ccccc3)cc2)[C@H](CCCN(C(=O)OC(C)(C)C)/C(N)=N/C(=O)OC(C)(C)C)C(=O)N1)C(=O)OC(C)(C)C. The second-order valence-corrected chi connectivity index (χ2v) is 24.4. The van der Waals surface area contributed by atoms with Gasteiger partial charge in [0.2, 0.25) is 29.6 Å². The highest BCUT2D eigenvalue weighted by atomic mass is 16.6. The quantitative estimate of drug-likeness (QED) is 0.0433. The number of amides is 7. The van der Waals surface area contributed by atoms with Crippen molar-refractivity contribution in [3.8, 4) is 5.75 Å². The molecule has 454 valence electrons. The van der Waals surface area contributed by atoms with Gasteiger partial charge in [0.05, 0.1) is 12.8 Å². The number of aliphatic imine (C=N–C) groups is 2. The summed E-state index contributed by atoms with van der Waals surface area (Å²) in [5.41, 5.74) is 11.3. The van der Waals surface area contributed by atoms with Gasteiger partial charge < -0.3 is 50.3 Å². The number of fused-ring (bicyclic) bond motifs is 1. The van der Waals surface area contributed by atoms with Gasteiger partial charge in [-0.3, -0.25) is 14.4 Å². The van der Waals surface area contributed by atoms with Gasteiger partial charge in [-0.1, -0.05) is 97.1 Å². The number of benzene rings is 4. The lowest BCUT2D eigenvalue weighted by Crippen LogP contribution is -2.54. The van der Waals surface area contributed by atoms with Crippen LogP contribution in [0.5, 0.6) is 5.75 Å². The predicted octanol–water partition coefficient (Wildman–Crippen LogP) is 9.82. The summed E-state index contributed by atoms with van der Waals surface area (Å²) in [6, 6.07) is 28.4. The van der Waals surface area contributed by atoms with E-state index in [9.17, 15) is 28.8 Å². The first kappa shape index (κ1) is 66.3. The number of nitrogens with zero attached hydrogens (tertiary/aromatic N) is 6. The molecular formula is C63H85N9O12. The monoisotopic (exact) mass is 1160 g/mol. The van der Waals surface area contributed by atoms with Gasteiger partial charge in [-0.2, -0.15) is 0 Å². The van der Waals surface area contributed by atoms with Crippen molar-refractivity contribution in [2.75, 3.05) is 32.7 Å². The Balaban J connectivity index is 1.53. The minimum absolute atomic E-state index is 0.0140. The lowest BCUT2D eigenvalue weighted by Gasteiger charge is -2.33. The zero-order valence-electron chi connectivity index (χ0n) is 50.8. The zero-order valence-corrected chi connectivity index (χ0v) is 50.8. The highest BCUT2D eigenvalue weighted by molar-refractivity contribution is 5.99. The Labute approximate surface area is 493 Å². The van der Waals surface area contributed by atoms with E-state index in [0.29, 0.717) is 17.9 Å². The van der Waals surface area contributed by atoms with Crippen LogP contribution in [0.1, 0.15) is 125 Å². The molecule has 1 heterocycles. The molecule has 0 fully saturated rings. The highest BCUT2D eigenvalue weighted by Crippen LogP contribution is 2.22. The molecule has 21 heteroatoms. The zero-order chi connectivity index (χ0) is 62.0. The Morgan fingerprint density at radius 3 is 1.61 bits per heavy atom. The van der Waals surface area contributed by atoms with Crippen LogP contribution in [0.2, 0.25) is 0 Å². The van der Waals surface area contributed by atoms with E-state index in [0.717, 1.165) is 31.7 Å². The number of nitrogens with two attached hydrogens (primary N) is 2. The third kappa shape index (κ3) is 23.0. The summed E-state index contributed by atoms with van der Waals surface area (Å²) in [5, 5.41) is 5.13. The molecule has 4 aromatic carbocycles. The average Bonchev–Trinajstić information content (AvgIpc) is 3.53. The second-order valence-electron chi connectivity index (χ2n) is 24.4. The summed E-state index contributed by atoms with van der Waals surface area (Å²) in [6.45, 7) is 19.9. The number of hydrogen-bond acceptors (Lipinski definition) is 12. The summed E-state index contributed by atoms with van der Waals surface area (Å²) in [7, 11) is 0. The van der Waals surface area contributed by atoms with E-state index in [1.165, 1.54) is 4.90 Å². The van der Waals surface area contributed by atoms with Gasteiger partial charge >= 0.3 is 24.4 Å². The van der Waals surface area contributed by atoms with Crippen LogP contribution in [0.4, 0.5) is 19.2 Å². The molecule has 0 saturated heterocycles. The highest BCUT2D eigenvalue weighted by Gasteiger charge is 2.34. The van der Waals surface area contributed by atoms with E-state index < -0.39 is 82.6 Å². The first-order chi connectivity index (χ1) is 39.3. The van der Waals surface area contributed by atoms with Crippen LogP contribution in [0.15, 0.2) is 119 Å². The molecule has 4 aromatic rings. The van der Waals surface area contributed by atoms with Gasteiger partial charge in [-0.15, -0.1) is 9.98 Å². The van der Waals surface area contributed by atoms with Gasteiger partial charge in [0.1, 0.15) is 40.8 Å². The third-order valence-corrected chi connectivity index (χ3v) is 12.4. The maximum atomic E-state index is 15.3. The Morgan fingerprint density at radius 2 is 1.06 bits per heavy atom. The van der Waals surface area contributed by atoms with E-state index in [-0.39, 0.29) is 77.2 Å². The number of carbonyl (C=O) groups is 7. The first-order valence-corrected chi connectivity index (χ1v) is 28.2. The molecule has 0 unspecified atom stereocenters. The van der Waals surface area contributed by atoms with Crippen molar-refractivity contribution in [3.05, 3.63) is 126 Å². The fourth-order valence-corrected chi connectivity index (χ4v) is 8.68. The largest absolute Gasteiger partial charge is 0.489 e. The van der Waals surface area contributed by atoms with Crippen molar-refractivity contribution >= 4 is 64.8 Å². The first-order valence-electron chi connectivity index (χ1n) is 28.2. The van der Waals surface area contributed by atoms with Crippen molar-refractivity contribution in [2.24, 2.45) is 21.5 Å². The molecule has 0 aliphatic carbocycles. The fourth-order valence-electron chi connectivity index (χ4n) is 8.68. The van der Waals surface area contributed by atoms with Crippen LogP contribution >= 0.6 is 0 Å². The maximum absolute atomic E-state index is 15.3. The molecule has 2 atom stereocenters. The molecule has 0 bridgehead atoms. The minimum Gasteiger partial charge on any atom is -0.489 e. The lowest BCUT2D eigenvalue weighted by atomic mass is 10.0. The maximum Gasteiger partial charge on any atom is 0.437 e. The van der Waals surface area contributed by atoms with Crippen LogP contribution in [-0.2, 0) is 52.8 Å². The lowest BCUT2D eigenvalue weighted by molar-refractivity contribution is -0.140. The molecule has 0 spiro atoms. The van der Waals surface area contributed by atoms with Crippen LogP contribution in [0.25, 0.3) is 10.8 Å². The molecule has 84 heavy (non-hydrogen) atoms. The van der Waals surface area contributed by atoms with Crippen molar-refractivity contribution in [1.29, 1.82) is 0 Å². The summed E-state index contributed by atoms with van der Waals surface area (Å²) >= 11 is 0. The van der Waals surface area contributed by atoms with Crippen molar-refractivity contribution < 1.29 is 57.2 Å². The fraction of sp³-hybridized carbons (Fsp3) is 0.476. The Bertz CT molecular complexity index is 3010. The van der Waals surface area contributed by atoms with E-state index in [2.05, 4.69) is 15.3 Å². The molecule has 1 aliphatic heterocycles. The second kappa shape index (κ2) is 29.7. The average molecular weight is 1160 g/mol. The molecule has 5 rings (SSSR count). The topological polar surface area (TPSA) is 267 Å². The van der Waals surface area contributed by atoms with Crippen LogP contribution in [0, 0.1) is 0 Å². The molecule has 0 saturated carbocycles. The summed E-state index contributed by atoms with van der Waals surface area (Å²) in [5.74, 6) is -1.66. The molecular weight excluding hydrogens is 1070 g/mol. The van der Waals surface area contributed by atoms with Gasteiger partial charge in [-0.05, 0) is 148 Å². The number of hydrogen-bond donors (Lipinski definition) is 3.